The van der Waals surface area contributed by atoms with Crippen LogP contribution in [0.25, 0.3) is 22.2 Å². The molecule has 0 radical (unpaired) electrons. The Hall–Kier alpha value is -6.55. The second-order valence-electron chi connectivity index (χ2n) is 12.0. The number of nitrogens with one attached hydrogen (secondary N) is 3. The van der Waals surface area contributed by atoms with Gasteiger partial charge in [-0.1, -0.05) is 35.3 Å². The third-order valence-electron chi connectivity index (χ3n) is 8.46. The summed E-state index contributed by atoms with van der Waals surface area (Å²) in [5.74, 6) is -2.01. The lowest BCUT2D eigenvalue weighted by atomic mass is 10.0. The number of ether oxygens (including phenoxy) is 2. The third-order valence-corrected chi connectivity index (χ3v) is 9.73. The Morgan fingerprint density at radius 3 is 1.61 bits per heavy atom. The molecule has 0 fully saturated rings. The van der Waals surface area contributed by atoms with Crippen molar-refractivity contribution in [2.75, 3.05) is 31.9 Å². The number of carbonyl (C=O) groups excluding carboxylic acids is 5. The highest BCUT2D eigenvalue weighted by atomic mass is 79.9. The van der Waals surface area contributed by atoms with E-state index >= 15 is 0 Å². The predicted molar refractivity (Wildman–Crippen MR) is 218 cm³/mol. The molecule has 17 heteroatoms. The van der Waals surface area contributed by atoms with Gasteiger partial charge in [-0.15, -0.1) is 0 Å². The first-order valence-corrected chi connectivity index (χ1v) is 18.3. The molecule has 3 aromatic carbocycles. The Balaban J connectivity index is 0.000000203. The van der Waals surface area contributed by atoms with Crippen molar-refractivity contribution in [3.63, 3.8) is 0 Å². The molecule has 7 rings (SSSR count). The van der Waals surface area contributed by atoms with E-state index in [1.54, 1.807) is 89.4 Å². The van der Waals surface area contributed by atoms with Gasteiger partial charge in [0.05, 0.1) is 63.3 Å². The SMILES string of the molecule is CNC(=O)c1ccc(-c2cnn3ccc(C(=O)Nc4ccc(Cl)c(C(=O)OC)c4)cc23)cc1.COC(=O)c1cc(NC(=O)c2ccn3ncc(Br)c3c2)ccc1Cl. The Labute approximate surface area is 342 Å². The molecule has 14 nitrogen and oxygen atoms in total. The fourth-order valence-corrected chi connectivity index (χ4v) is 6.30. The minimum atomic E-state index is -0.594. The maximum atomic E-state index is 12.9. The van der Waals surface area contributed by atoms with Gasteiger partial charge in [0, 0.05) is 53.1 Å². The van der Waals surface area contributed by atoms with E-state index in [1.165, 1.54) is 38.5 Å². The highest BCUT2D eigenvalue weighted by Crippen LogP contribution is 2.27. The van der Waals surface area contributed by atoms with Crippen molar-refractivity contribution in [3.8, 4) is 11.1 Å². The molecule has 0 aliphatic rings. The van der Waals surface area contributed by atoms with Crippen molar-refractivity contribution in [2.24, 2.45) is 0 Å². The standard InChI is InChI=1S/C24H19ClN4O4.C16H11BrClN3O3/c1-26-22(30)15-5-3-14(4-6-15)19-13-27-29-10-9-16(11-21(19)29)23(31)28-17-7-8-20(25)18(12-17)24(32)33-2;1-24-16(23)11-7-10(2-3-13(11)18)20-15(22)9-4-5-21-14(6-9)12(17)8-19-21/h3-13H,1-2H3,(H,26,30)(H,28,31);2-8H,1H3,(H,20,22). The lowest BCUT2D eigenvalue weighted by Gasteiger charge is -2.09. The van der Waals surface area contributed by atoms with Gasteiger partial charge in [0.15, 0.2) is 0 Å². The van der Waals surface area contributed by atoms with Crippen LogP contribution in [0.5, 0.6) is 0 Å². The summed E-state index contributed by atoms with van der Waals surface area (Å²) in [6, 6.07) is 23.0. The Morgan fingerprint density at radius 1 is 0.614 bits per heavy atom. The number of amides is 3. The average Bonchev–Trinajstić information content (AvgIpc) is 3.84. The van der Waals surface area contributed by atoms with Crippen molar-refractivity contribution >= 4 is 91.2 Å². The lowest BCUT2D eigenvalue weighted by molar-refractivity contribution is 0.0592. The first-order valence-electron chi connectivity index (χ1n) is 16.7. The molecule has 288 valence electrons. The molecule has 0 unspecified atom stereocenters. The molecule has 57 heavy (non-hydrogen) atoms. The molecule has 0 spiro atoms. The lowest BCUT2D eigenvalue weighted by Crippen LogP contribution is -2.17. The number of fused-ring (bicyclic) bond motifs is 2. The zero-order valence-corrected chi connectivity index (χ0v) is 33.3. The van der Waals surface area contributed by atoms with Gasteiger partial charge >= 0.3 is 11.9 Å². The number of esters is 2. The quantitative estimate of drug-likeness (QED) is 0.129. The topological polar surface area (TPSA) is 174 Å². The fourth-order valence-electron chi connectivity index (χ4n) is 5.53. The largest absolute Gasteiger partial charge is 0.465 e. The van der Waals surface area contributed by atoms with E-state index in [1.807, 2.05) is 12.1 Å². The van der Waals surface area contributed by atoms with Crippen LogP contribution in [0.1, 0.15) is 51.8 Å². The summed E-state index contributed by atoms with van der Waals surface area (Å²) in [7, 11) is 4.10. The second-order valence-corrected chi connectivity index (χ2v) is 13.6. The first-order chi connectivity index (χ1) is 27.4. The number of nitrogens with zero attached hydrogens (tertiary/aromatic N) is 4. The number of methoxy groups -OCH3 is 2. The maximum Gasteiger partial charge on any atom is 0.339 e. The number of aromatic nitrogens is 4. The summed E-state index contributed by atoms with van der Waals surface area (Å²) in [6.45, 7) is 0. The van der Waals surface area contributed by atoms with Crippen LogP contribution in [0.3, 0.4) is 0 Å². The normalized spacial score (nSPS) is 10.6. The Kier molecular flexibility index (Phi) is 12.3. The minimum Gasteiger partial charge on any atom is -0.465 e. The molecular weight excluding hydrogens is 841 g/mol. The van der Waals surface area contributed by atoms with Crippen LogP contribution in [-0.4, -0.2) is 70.2 Å². The molecule has 0 aliphatic carbocycles. The van der Waals surface area contributed by atoms with E-state index < -0.39 is 11.9 Å². The van der Waals surface area contributed by atoms with Gasteiger partial charge in [0.25, 0.3) is 17.7 Å². The number of rotatable bonds is 8. The number of pyridine rings is 2. The number of hydrogen-bond acceptors (Lipinski definition) is 9. The van der Waals surface area contributed by atoms with Crippen LogP contribution in [0.2, 0.25) is 10.0 Å². The van der Waals surface area contributed by atoms with Gasteiger partial charge in [0.2, 0.25) is 0 Å². The zero-order valence-electron chi connectivity index (χ0n) is 30.2. The molecule has 7 aromatic rings. The molecule has 0 atom stereocenters. The monoisotopic (exact) mass is 869 g/mol. The van der Waals surface area contributed by atoms with Gasteiger partial charge in [-0.2, -0.15) is 10.2 Å². The molecule has 4 heterocycles. The van der Waals surface area contributed by atoms with Crippen LogP contribution >= 0.6 is 39.1 Å². The van der Waals surface area contributed by atoms with Crippen molar-refractivity contribution in [1.82, 2.24) is 24.5 Å². The summed E-state index contributed by atoms with van der Waals surface area (Å²) < 4.78 is 13.5. The summed E-state index contributed by atoms with van der Waals surface area (Å²) >= 11 is 15.4. The Morgan fingerprint density at radius 2 is 1.11 bits per heavy atom. The number of halogens is 3. The van der Waals surface area contributed by atoms with Crippen LogP contribution < -0.4 is 16.0 Å². The van der Waals surface area contributed by atoms with E-state index in [-0.39, 0.29) is 38.9 Å². The molecular formula is C40H30BrCl2N7O7. The molecule has 0 bridgehead atoms. The summed E-state index contributed by atoms with van der Waals surface area (Å²) in [5.41, 5.74) is 5.77. The number of anilines is 2. The van der Waals surface area contributed by atoms with E-state index in [2.05, 4.69) is 46.8 Å². The fraction of sp³-hybridized carbons (Fsp3) is 0.0750. The van der Waals surface area contributed by atoms with Crippen LogP contribution in [0, 0.1) is 0 Å². The van der Waals surface area contributed by atoms with E-state index in [0.29, 0.717) is 28.1 Å². The van der Waals surface area contributed by atoms with Gasteiger partial charge < -0.3 is 25.4 Å². The van der Waals surface area contributed by atoms with Crippen molar-refractivity contribution < 1.29 is 33.4 Å². The average molecular weight is 872 g/mol. The predicted octanol–water partition coefficient (Wildman–Crippen LogP) is 7.84. The number of hydrogen-bond donors (Lipinski definition) is 3. The molecule has 3 N–H and O–H groups in total. The number of carbonyl (C=O) groups is 5. The molecule has 0 aliphatic heterocycles. The maximum absolute atomic E-state index is 12.9. The number of benzene rings is 3. The van der Waals surface area contributed by atoms with E-state index in [9.17, 15) is 24.0 Å². The zero-order chi connectivity index (χ0) is 40.8. The highest BCUT2D eigenvalue weighted by molar-refractivity contribution is 9.10. The van der Waals surface area contributed by atoms with Crippen LogP contribution in [0.4, 0.5) is 11.4 Å². The van der Waals surface area contributed by atoms with Gasteiger partial charge in [-0.25, -0.2) is 18.6 Å². The van der Waals surface area contributed by atoms with Gasteiger partial charge in [-0.05, 0) is 94.3 Å². The first kappa shape index (κ1) is 40.1. The van der Waals surface area contributed by atoms with E-state index in [4.69, 9.17) is 27.9 Å². The minimum absolute atomic E-state index is 0.158. The smallest absolute Gasteiger partial charge is 0.339 e. The van der Waals surface area contributed by atoms with Gasteiger partial charge in [0.1, 0.15) is 0 Å². The third kappa shape index (κ3) is 8.96. The van der Waals surface area contributed by atoms with E-state index in [0.717, 1.165) is 26.6 Å². The summed E-state index contributed by atoms with van der Waals surface area (Å²) in [6.07, 6.45) is 6.73. The highest BCUT2D eigenvalue weighted by Gasteiger charge is 2.17. The molecule has 0 saturated carbocycles. The summed E-state index contributed by atoms with van der Waals surface area (Å²) in [4.78, 5) is 60.6. The summed E-state index contributed by atoms with van der Waals surface area (Å²) in [5, 5.41) is 17.0. The second kappa shape index (κ2) is 17.5. The van der Waals surface area contributed by atoms with Gasteiger partial charge in [-0.3, -0.25) is 14.4 Å². The Bertz CT molecular complexity index is 2700. The van der Waals surface area contributed by atoms with Crippen molar-refractivity contribution in [2.45, 2.75) is 0 Å². The van der Waals surface area contributed by atoms with Crippen LogP contribution in [-0.2, 0) is 9.47 Å². The molecule has 0 saturated heterocycles. The molecule has 3 amide bonds. The van der Waals surface area contributed by atoms with Crippen LogP contribution in [0.15, 0.2) is 114 Å². The van der Waals surface area contributed by atoms with Crippen molar-refractivity contribution in [3.05, 3.63) is 152 Å². The molecule has 4 aromatic heterocycles. The van der Waals surface area contributed by atoms with Crippen molar-refractivity contribution in [1.29, 1.82) is 0 Å².